The number of nitrogens with one attached hydrogen (secondary N) is 1. The van der Waals surface area contributed by atoms with Crippen LogP contribution in [-0.2, 0) is 4.74 Å². The van der Waals surface area contributed by atoms with E-state index in [0.717, 1.165) is 4.57 Å². The van der Waals surface area contributed by atoms with Crippen molar-refractivity contribution < 1.29 is 20.1 Å². The smallest absolute Gasteiger partial charge is 0.351 e. The first-order chi connectivity index (χ1) is 8.58. The lowest BCUT2D eigenvalue weighted by molar-refractivity contribution is -0.0549. The first kappa shape index (κ1) is 13.4. The molecule has 0 bridgehead atoms. The number of hydrogen-bond acceptors (Lipinski definition) is 7. The van der Waals surface area contributed by atoms with Crippen LogP contribution in [0.2, 0.25) is 0 Å². The number of aromatic nitrogens is 2. The van der Waals surface area contributed by atoms with E-state index in [9.17, 15) is 15.0 Å². The lowest BCUT2D eigenvalue weighted by Crippen LogP contribution is -2.35. The van der Waals surface area contributed by atoms with Crippen LogP contribution < -0.4 is 10.0 Å². The van der Waals surface area contributed by atoms with Gasteiger partial charge in [0.05, 0.1) is 6.61 Å². The van der Waals surface area contributed by atoms with Crippen molar-refractivity contribution in [3.63, 3.8) is 0 Å². The molecule has 18 heavy (non-hydrogen) atoms. The molecule has 1 unspecified atom stereocenters. The fourth-order valence-corrected chi connectivity index (χ4v) is 1.99. The highest BCUT2D eigenvalue weighted by atomic mass is 79.9. The number of aliphatic hydroxyl groups excluding tert-OH is 3. The molecule has 1 aromatic heterocycles. The van der Waals surface area contributed by atoms with Gasteiger partial charge in [0.1, 0.15) is 24.1 Å². The summed E-state index contributed by atoms with van der Waals surface area (Å²) in [6, 6.07) is 1.49. The van der Waals surface area contributed by atoms with Crippen molar-refractivity contribution in [1.82, 2.24) is 9.55 Å². The van der Waals surface area contributed by atoms with Crippen LogP contribution in [0.15, 0.2) is 17.1 Å². The van der Waals surface area contributed by atoms with E-state index in [4.69, 9.17) is 9.84 Å². The molecule has 0 spiro atoms. The van der Waals surface area contributed by atoms with Gasteiger partial charge in [0.25, 0.3) is 0 Å². The molecular formula is C9H12BrN3O5. The van der Waals surface area contributed by atoms with Crippen molar-refractivity contribution in [1.29, 1.82) is 0 Å². The SMILES string of the molecule is O=c1nc(NBr)ccn1C1O[C@H](CO)[C@@H](O)[C@H]1O. The van der Waals surface area contributed by atoms with Crippen LogP contribution in [-0.4, -0.2) is 49.8 Å². The zero-order chi connectivity index (χ0) is 13.3. The predicted octanol–water partition coefficient (Wildman–Crippen LogP) is -1.42. The third-order valence-electron chi connectivity index (χ3n) is 2.72. The zero-order valence-electron chi connectivity index (χ0n) is 9.10. The highest BCUT2D eigenvalue weighted by molar-refractivity contribution is 9.10. The van der Waals surface area contributed by atoms with Crippen LogP contribution in [0.1, 0.15) is 6.23 Å². The Balaban J connectivity index is 2.30. The molecule has 100 valence electrons. The quantitative estimate of drug-likeness (QED) is 0.505. The molecule has 0 saturated carbocycles. The summed E-state index contributed by atoms with van der Waals surface area (Å²) in [5.74, 6) is 0.308. The lowest BCUT2D eigenvalue weighted by Gasteiger charge is -2.16. The summed E-state index contributed by atoms with van der Waals surface area (Å²) in [6.07, 6.45) is -3.17. The van der Waals surface area contributed by atoms with Gasteiger partial charge in [-0.15, -0.1) is 0 Å². The maximum atomic E-state index is 11.7. The van der Waals surface area contributed by atoms with Crippen molar-refractivity contribution in [3.05, 3.63) is 22.7 Å². The highest BCUT2D eigenvalue weighted by Crippen LogP contribution is 2.28. The summed E-state index contributed by atoms with van der Waals surface area (Å²) in [5.41, 5.74) is -0.644. The minimum atomic E-state index is -1.30. The number of nitrogens with zero attached hydrogens (tertiary/aromatic N) is 2. The van der Waals surface area contributed by atoms with E-state index in [1.165, 1.54) is 12.3 Å². The van der Waals surface area contributed by atoms with Crippen LogP contribution in [0.4, 0.5) is 5.82 Å². The fraction of sp³-hybridized carbons (Fsp3) is 0.556. The Morgan fingerprint density at radius 2 is 2.22 bits per heavy atom. The number of anilines is 1. The summed E-state index contributed by atoms with van der Waals surface area (Å²) < 4.78 is 8.79. The Bertz CT molecular complexity index is 482. The normalized spacial score (nSPS) is 31.6. The maximum absolute atomic E-state index is 11.7. The monoisotopic (exact) mass is 321 g/mol. The summed E-state index contributed by atoms with van der Waals surface area (Å²) in [5, 5.41) is 28.3. The van der Waals surface area contributed by atoms with E-state index in [1.54, 1.807) is 0 Å². The molecule has 2 rings (SSSR count). The highest BCUT2D eigenvalue weighted by Gasteiger charge is 2.43. The van der Waals surface area contributed by atoms with E-state index in [0.29, 0.717) is 5.82 Å². The molecule has 8 nitrogen and oxygen atoms in total. The average Bonchev–Trinajstić information content (AvgIpc) is 2.66. The first-order valence-electron chi connectivity index (χ1n) is 5.16. The Morgan fingerprint density at radius 1 is 1.50 bits per heavy atom. The minimum Gasteiger partial charge on any atom is -0.394 e. The Labute approximate surface area is 110 Å². The second-order valence-corrected chi connectivity index (χ2v) is 4.22. The number of rotatable bonds is 3. The van der Waals surface area contributed by atoms with Gasteiger partial charge >= 0.3 is 5.69 Å². The fourth-order valence-electron chi connectivity index (χ4n) is 1.77. The van der Waals surface area contributed by atoms with Crippen LogP contribution >= 0.6 is 16.1 Å². The number of halogens is 1. The third kappa shape index (κ3) is 2.27. The van der Waals surface area contributed by atoms with Gasteiger partial charge in [-0.1, -0.05) is 0 Å². The summed E-state index contributed by atoms with van der Waals surface area (Å²) >= 11 is 2.93. The van der Waals surface area contributed by atoms with Gasteiger partial charge in [0.2, 0.25) is 0 Å². The summed E-state index contributed by atoms with van der Waals surface area (Å²) in [7, 11) is 0. The second kappa shape index (κ2) is 5.33. The molecule has 4 atom stereocenters. The molecule has 1 fully saturated rings. The lowest BCUT2D eigenvalue weighted by atomic mass is 10.1. The molecule has 9 heteroatoms. The Hall–Kier alpha value is -1.00. The largest absolute Gasteiger partial charge is 0.394 e. The van der Waals surface area contributed by atoms with Crippen LogP contribution in [0.5, 0.6) is 0 Å². The molecule has 4 N–H and O–H groups in total. The molecule has 0 amide bonds. The maximum Gasteiger partial charge on any atom is 0.351 e. The molecular weight excluding hydrogens is 310 g/mol. The van der Waals surface area contributed by atoms with Crippen molar-refractivity contribution in [2.75, 3.05) is 10.9 Å². The van der Waals surface area contributed by atoms with Gasteiger partial charge in [-0.05, 0) is 6.07 Å². The van der Waals surface area contributed by atoms with Crippen molar-refractivity contribution in [2.45, 2.75) is 24.5 Å². The summed E-state index contributed by atoms with van der Waals surface area (Å²) in [4.78, 5) is 15.3. The number of hydrogen-bond donors (Lipinski definition) is 4. The van der Waals surface area contributed by atoms with Crippen LogP contribution in [0.3, 0.4) is 0 Å². The topological polar surface area (TPSA) is 117 Å². The second-order valence-electron chi connectivity index (χ2n) is 3.83. The Kier molecular flexibility index (Phi) is 3.97. The van der Waals surface area contributed by atoms with Gasteiger partial charge in [-0.2, -0.15) is 4.98 Å². The molecule has 1 aromatic rings. The molecule has 1 saturated heterocycles. The average molecular weight is 322 g/mol. The minimum absolute atomic E-state index is 0.308. The molecule has 0 radical (unpaired) electrons. The van der Waals surface area contributed by atoms with Gasteiger partial charge in [-0.25, -0.2) is 4.79 Å². The van der Waals surface area contributed by atoms with Gasteiger partial charge < -0.3 is 24.4 Å². The van der Waals surface area contributed by atoms with E-state index < -0.39 is 36.8 Å². The van der Waals surface area contributed by atoms with Gasteiger partial charge in [-0.3, -0.25) is 4.57 Å². The first-order valence-corrected chi connectivity index (χ1v) is 5.96. The van der Waals surface area contributed by atoms with E-state index in [2.05, 4.69) is 25.5 Å². The van der Waals surface area contributed by atoms with Crippen molar-refractivity contribution >= 4 is 22.0 Å². The number of ether oxygens (including phenoxy) is 1. The molecule has 0 aliphatic carbocycles. The van der Waals surface area contributed by atoms with Crippen LogP contribution in [0.25, 0.3) is 0 Å². The van der Waals surface area contributed by atoms with E-state index in [-0.39, 0.29) is 0 Å². The van der Waals surface area contributed by atoms with Crippen molar-refractivity contribution in [2.24, 2.45) is 0 Å². The Morgan fingerprint density at radius 3 is 2.72 bits per heavy atom. The predicted molar refractivity (Wildman–Crippen MR) is 64.1 cm³/mol. The molecule has 1 aliphatic heterocycles. The standard InChI is InChI=1S/C9H12BrN3O5/c10-12-5-1-2-13(9(17)11-5)8-7(16)6(15)4(3-14)18-8/h1-2,4,6-8,14-16H,3H2,(H,11,12,17)/t4-,6-,7-,8?/m1/s1. The van der Waals surface area contributed by atoms with E-state index in [1.807, 2.05) is 0 Å². The zero-order valence-corrected chi connectivity index (χ0v) is 10.7. The van der Waals surface area contributed by atoms with Crippen LogP contribution in [0, 0.1) is 0 Å². The molecule has 1 aliphatic rings. The third-order valence-corrected chi connectivity index (χ3v) is 3.12. The molecule has 2 heterocycles. The van der Waals surface area contributed by atoms with Gasteiger partial charge in [0.15, 0.2) is 6.23 Å². The molecule has 0 aromatic carbocycles. The van der Waals surface area contributed by atoms with Crippen molar-refractivity contribution in [3.8, 4) is 0 Å². The van der Waals surface area contributed by atoms with Gasteiger partial charge in [0, 0.05) is 22.3 Å². The number of aliphatic hydroxyl groups is 3. The summed E-state index contributed by atoms with van der Waals surface area (Å²) in [6.45, 7) is -0.446. The van der Waals surface area contributed by atoms with E-state index >= 15 is 0 Å².